The van der Waals surface area contributed by atoms with Crippen LogP contribution < -0.4 is 0 Å². The fourth-order valence-corrected chi connectivity index (χ4v) is 1.43. The number of hydrogen-bond donors (Lipinski definition) is 0. The van der Waals surface area contributed by atoms with Crippen LogP contribution in [0.3, 0.4) is 0 Å². The lowest BCUT2D eigenvalue weighted by Gasteiger charge is -2.04. The Kier molecular flexibility index (Phi) is 9.78. The summed E-state index contributed by atoms with van der Waals surface area (Å²) in [5, 5.41) is 0. The first kappa shape index (κ1) is 14.9. The summed E-state index contributed by atoms with van der Waals surface area (Å²) in [6, 6.07) is 0. The van der Waals surface area contributed by atoms with Gasteiger partial charge in [0, 0.05) is 6.42 Å². The van der Waals surface area contributed by atoms with Crippen LogP contribution >= 0.6 is 0 Å². The first-order valence-electron chi connectivity index (χ1n) is 6.18. The van der Waals surface area contributed by atoms with Gasteiger partial charge >= 0.3 is 5.97 Å². The first-order chi connectivity index (χ1) is 7.74. The van der Waals surface area contributed by atoms with Gasteiger partial charge in [0.15, 0.2) is 0 Å². The smallest absolute Gasteiger partial charge is 0.305 e. The van der Waals surface area contributed by atoms with Crippen molar-refractivity contribution in [1.29, 1.82) is 0 Å². The minimum atomic E-state index is -0.0674. The summed E-state index contributed by atoms with van der Waals surface area (Å²) in [7, 11) is 0. The number of carbonyl (C=O) groups excluding carboxylic acids is 1. The molecule has 0 saturated heterocycles. The Hall–Kier alpha value is -1.05. The fourth-order valence-electron chi connectivity index (χ4n) is 1.43. The molecule has 0 aromatic rings. The Bertz CT molecular complexity index is 239. The average molecular weight is 224 g/mol. The lowest BCUT2D eigenvalue weighted by molar-refractivity contribution is -0.143. The Morgan fingerprint density at radius 3 is 2.50 bits per heavy atom. The van der Waals surface area contributed by atoms with Crippen LogP contribution in [0.1, 0.15) is 52.9 Å². The lowest BCUT2D eigenvalue weighted by Crippen LogP contribution is -2.04. The molecule has 0 fully saturated rings. The minimum absolute atomic E-state index is 0.0674. The molecule has 0 saturated carbocycles. The van der Waals surface area contributed by atoms with Gasteiger partial charge in [0.05, 0.1) is 6.61 Å². The fraction of sp³-hybridized carbons (Fsp3) is 0.643. The summed E-state index contributed by atoms with van der Waals surface area (Å²) >= 11 is 0. The first-order valence-corrected chi connectivity index (χ1v) is 6.18. The number of allylic oxidation sites excluding steroid dienone is 4. The van der Waals surface area contributed by atoms with Crippen LogP contribution in [0.4, 0.5) is 0 Å². The van der Waals surface area contributed by atoms with Crippen LogP contribution in [0.5, 0.6) is 0 Å². The molecule has 2 heteroatoms. The summed E-state index contributed by atoms with van der Waals surface area (Å²) in [5.74, 6) is -0.0674. The molecule has 0 rings (SSSR count). The van der Waals surface area contributed by atoms with Gasteiger partial charge in [0.1, 0.15) is 0 Å². The van der Waals surface area contributed by atoms with Gasteiger partial charge in [-0.25, -0.2) is 0 Å². The van der Waals surface area contributed by atoms with E-state index < -0.39 is 0 Å². The van der Waals surface area contributed by atoms with Gasteiger partial charge in [-0.15, -0.1) is 0 Å². The average Bonchev–Trinajstić information content (AvgIpc) is 2.27. The zero-order chi connectivity index (χ0) is 12.2. The van der Waals surface area contributed by atoms with Gasteiger partial charge in [-0.2, -0.15) is 0 Å². The number of ether oxygens (including phenoxy) is 1. The van der Waals surface area contributed by atoms with E-state index in [0.717, 1.165) is 25.7 Å². The Morgan fingerprint density at radius 2 is 1.94 bits per heavy atom. The van der Waals surface area contributed by atoms with Crippen molar-refractivity contribution in [2.75, 3.05) is 6.61 Å². The van der Waals surface area contributed by atoms with E-state index in [1.165, 1.54) is 5.57 Å². The quantitative estimate of drug-likeness (QED) is 0.353. The van der Waals surface area contributed by atoms with E-state index in [9.17, 15) is 4.79 Å². The molecule has 0 aliphatic rings. The second-order valence-corrected chi connectivity index (χ2v) is 3.79. The highest BCUT2D eigenvalue weighted by Crippen LogP contribution is 2.09. The Morgan fingerprint density at radius 1 is 1.19 bits per heavy atom. The van der Waals surface area contributed by atoms with Crippen molar-refractivity contribution in [2.24, 2.45) is 0 Å². The van der Waals surface area contributed by atoms with E-state index >= 15 is 0 Å². The summed E-state index contributed by atoms with van der Waals surface area (Å²) < 4.78 is 5.08. The van der Waals surface area contributed by atoms with E-state index in [0.29, 0.717) is 13.0 Å². The number of unbranched alkanes of at least 4 members (excludes halogenated alkanes) is 1. The van der Waals surface area contributed by atoms with Gasteiger partial charge in [0.25, 0.3) is 0 Å². The highest BCUT2D eigenvalue weighted by atomic mass is 16.5. The molecule has 0 radical (unpaired) electrons. The van der Waals surface area contributed by atoms with Crippen LogP contribution in [0.25, 0.3) is 0 Å². The third-order valence-corrected chi connectivity index (χ3v) is 2.33. The van der Waals surface area contributed by atoms with Crippen LogP contribution in [0.2, 0.25) is 0 Å². The Balaban J connectivity index is 3.49. The molecule has 0 spiro atoms. The van der Waals surface area contributed by atoms with Crippen molar-refractivity contribution in [2.45, 2.75) is 52.9 Å². The van der Waals surface area contributed by atoms with Crippen molar-refractivity contribution < 1.29 is 9.53 Å². The predicted octanol–water partition coefficient (Wildman–Crippen LogP) is 4.02. The molecule has 0 aromatic heterocycles. The maximum absolute atomic E-state index is 11.1. The normalized spacial score (nSPS) is 12.1. The van der Waals surface area contributed by atoms with Crippen molar-refractivity contribution in [1.82, 2.24) is 0 Å². The lowest BCUT2D eigenvalue weighted by atomic mass is 10.1. The largest absolute Gasteiger partial charge is 0.466 e. The molecule has 92 valence electrons. The summed E-state index contributed by atoms with van der Waals surface area (Å²) in [6.45, 7) is 6.62. The number of carbonyl (C=O) groups is 1. The van der Waals surface area contributed by atoms with Crippen LogP contribution in [0, 0.1) is 0 Å². The summed E-state index contributed by atoms with van der Waals surface area (Å²) in [4.78, 5) is 11.1. The minimum Gasteiger partial charge on any atom is -0.466 e. The zero-order valence-electron chi connectivity index (χ0n) is 10.8. The number of hydrogen-bond acceptors (Lipinski definition) is 2. The molecule has 0 unspecified atom stereocenters. The van der Waals surface area contributed by atoms with E-state index in [4.69, 9.17) is 4.74 Å². The second-order valence-electron chi connectivity index (χ2n) is 3.79. The highest BCUT2D eigenvalue weighted by Gasteiger charge is 1.99. The molecule has 0 atom stereocenters. The molecule has 2 nitrogen and oxygen atoms in total. The third kappa shape index (κ3) is 8.27. The van der Waals surface area contributed by atoms with Crippen LogP contribution in [-0.2, 0) is 9.53 Å². The molecule has 0 aliphatic carbocycles. The summed E-state index contributed by atoms with van der Waals surface area (Å²) in [6.07, 6.45) is 10.8. The van der Waals surface area contributed by atoms with Gasteiger partial charge in [-0.05, 0) is 39.5 Å². The summed E-state index contributed by atoms with van der Waals surface area (Å²) in [5.41, 5.74) is 1.35. The molecule has 0 bridgehead atoms. The van der Waals surface area contributed by atoms with Crippen molar-refractivity contribution >= 4 is 5.97 Å². The number of rotatable bonds is 8. The van der Waals surface area contributed by atoms with Crippen molar-refractivity contribution in [3.05, 3.63) is 23.8 Å². The molecule has 0 heterocycles. The second kappa shape index (κ2) is 10.5. The van der Waals surface area contributed by atoms with Crippen LogP contribution in [-0.4, -0.2) is 12.6 Å². The SMILES string of the molecule is C/C=C\C(=C/C)CCCCOC(=O)CCC. The highest BCUT2D eigenvalue weighted by molar-refractivity contribution is 5.69. The topological polar surface area (TPSA) is 26.3 Å². The van der Waals surface area contributed by atoms with Gasteiger partial charge in [-0.1, -0.05) is 30.7 Å². The molecule has 16 heavy (non-hydrogen) atoms. The van der Waals surface area contributed by atoms with Crippen LogP contribution in [0.15, 0.2) is 23.8 Å². The predicted molar refractivity (Wildman–Crippen MR) is 68.3 cm³/mol. The third-order valence-electron chi connectivity index (χ3n) is 2.33. The van der Waals surface area contributed by atoms with Gasteiger partial charge in [0.2, 0.25) is 0 Å². The number of esters is 1. The van der Waals surface area contributed by atoms with Gasteiger partial charge in [-0.3, -0.25) is 4.79 Å². The van der Waals surface area contributed by atoms with E-state index in [1.54, 1.807) is 0 Å². The van der Waals surface area contributed by atoms with E-state index in [-0.39, 0.29) is 5.97 Å². The molecule has 0 N–H and O–H groups in total. The van der Waals surface area contributed by atoms with E-state index in [2.05, 4.69) is 25.2 Å². The molecular weight excluding hydrogens is 200 g/mol. The van der Waals surface area contributed by atoms with Crippen molar-refractivity contribution in [3.8, 4) is 0 Å². The maximum atomic E-state index is 11.1. The van der Waals surface area contributed by atoms with Gasteiger partial charge < -0.3 is 4.74 Å². The van der Waals surface area contributed by atoms with Crippen molar-refractivity contribution in [3.63, 3.8) is 0 Å². The maximum Gasteiger partial charge on any atom is 0.305 e. The monoisotopic (exact) mass is 224 g/mol. The molecular formula is C14H24O2. The van der Waals surface area contributed by atoms with E-state index in [1.807, 2.05) is 13.8 Å². The molecule has 0 aliphatic heterocycles. The zero-order valence-corrected chi connectivity index (χ0v) is 10.8. The molecule has 0 amide bonds. The molecule has 0 aromatic carbocycles. The standard InChI is InChI=1S/C14H24O2/c1-4-9-13(6-3)11-7-8-12-16-14(15)10-5-2/h4,6,9H,5,7-8,10-12H2,1-3H3/b9-4-,13-6+. The Labute approximate surface area is 99.4 Å².